The number of aromatic amines is 1. The quantitative estimate of drug-likeness (QED) is 0.406. The Kier molecular flexibility index (Phi) is 3.93. The highest BCUT2D eigenvalue weighted by molar-refractivity contribution is 7.18. The molecule has 7 heteroatoms. The summed E-state index contributed by atoms with van der Waals surface area (Å²) < 4.78 is 13.4. The molecule has 0 amide bonds. The van der Waals surface area contributed by atoms with Gasteiger partial charge in [-0.2, -0.15) is 5.10 Å². The highest BCUT2D eigenvalue weighted by atomic mass is 32.1. The molecule has 0 saturated heterocycles. The average molecular weight is 353 g/mol. The van der Waals surface area contributed by atoms with E-state index in [4.69, 9.17) is 0 Å². The standard InChI is InChI=1S/C18H16FN5S/c1-10(2)16-6-14-17(21-9-22-18(14)25-16)24-23-8-11-7-20-15-4-3-12(19)5-13(11)15/h3-10,20H,1-2H3,(H,21,22,24). The van der Waals surface area contributed by atoms with Crippen LogP contribution in [0.4, 0.5) is 10.2 Å². The molecule has 3 heterocycles. The lowest BCUT2D eigenvalue weighted by molar-refractivity contribution is 0.629. The van der Waals surface area contributed by atoms with Crippen LogP contribution in [0.25, 0.3) is 21.1 Å². The van der Waals surface area contributed by atoms with Crippen molar-refractivity contribution in [2.24, 2.45) is 5.10 Å². The summed E-state index contributed by atoms with van der Waals surface area (Å²) in [5, 5.41) is 6.01. The van der Waals surface area contributed by atoms with Crippen LogP contribution in [0.3, 0.4) is 0 Å². The number of hydrazone groups is 1. The number of fused-ring (bicyclic) bond motifs is 2. The van der Waals surface area contributed by atoms with Crippen LogP contribution in [-0.2, 0) is 0 Å². The second-order valence-corrected chi connectivity index (χ2v) is 7.11. The third-order valence-electron chi connectivity index (χ3n) is 3.97. The van der Waals surface area contributed by atoms with Gasteiger partial charge in [0.05, 0.1) is 11.6 Å². The van der Waals surface area contributed by atoms with Gasteiger partial charge in [-0.05, 0) is 30.2 Å². The average Bonchev–Trinajstić information content (AvgIpc) is 3.19. The van der Waals surface area contributed by atoms with Gasteiger partial charge in [0.15, 0.2) is 5.82 Å². The van der Waals surface area contributed by atoms with Gasteiger partial charge in [-0.15, -0.1) is 11.3 Å². The van der Waals surface area contributed by atoms with Crippen molar-refractivity contribution in [1.29, 1.82) is 0 Å². The fourth-order valence-electron chi connectivity index (χ4n) is 2.63. The van der Waals surface area contributed by atoms with Crippen LogP contribution < -0.4 is 5.43 Å². The molecule has 0 spiro atoms. The van der Waals surface area contributed by atoms with E-state index < -0.39 is 0 Å². The smallest absolute Gasteiger partial charge is 0.158 e. The molecule has 1 aromatic carbocycles. The Labute approximate surface area is 147 Å². The minimum Gasteiger partial charge on any atom is -0.361 e. The van der Waals surface area contributed by atoms with Crippen molar-refractivity contribution < 1.29 is 4.39 Å². The SMILES string of the molecule is CC(C)c1cc2c(NN=Cc3c[nH]c4ccc(F)cc34)ncnc2s1. The molecule has 4 rings (SSSR count). The van der Waals surface area contributed by atoms with Crippen LogP contribution in [0.2, 0.25) is 0 Å². The van der Waals surface area contributed by atoms with Gasteiger partial charge in [-0.25, -0.2) is 14.4 Å². The molecule has 0 radical (unpaired) electrons. The van der Waals surface area contributed by atoms with Gasteiger partial charge in [0.1, 0.15) is 17.0 Å². The first-order valence-electron chi connectivity index (χ1n) is 7.92. The van der Waals surface area contributed by atoms with Crippen molar-refractivity contribution in [3.63, 3.8) is 0 Å². The molecule has 4 aromatic rings. The van der Waals surface area contributed by atoms with Crippen LogP contribution in [0.1, 0.15) is 30.2 Å². The summed E-state index contributed by atoms with van der Waals surface area (Å²) in [4.78, 5) is 13.9. The first-order chi connectivity index (χ1) is 12.1. The first kappa shape index (κ1) is 15.7. The maximum atomic E-state index is 13.4. The molecule has 126 valence electrons. The minimum atomic E-state index is -0.272. The molecule has 2 N–H and O–H groups in total. The van der Waals surface area contributed by atoms with Crippen molar-refractivity contribution >= 4 is 44.5 Å². The van der Waals surface area contributed by atoms with Gasteiger partial charge < -0.3 is 4.98 Å². The molecule has 0 aliphatic carbocycles. The van der Waals surface area contributed by atoms with Crippen LogP contribution in [0.5, 0.6) is 0 Å². The Morgan fingerprint density at radius 1 is 1.24 bits per heavy atom. The van der Waals surface area contributed by atoms with Crippen molar-refractivity contribution in [3.05, 3.63) is 53.0 Å². The molecule has 3 aromatic heterocycles. The van der Waals surface area contributed by atoms with E-state index in [0.29, 0.717) is 11.7 Å². The van der Waals surface area contributed by atoms with E-state index in [1.807, 2.05) is 0 Å². The number of anilines is 1. The van der Waals surface area contributed by atoms with E-state index in [2.05, 4.69) is 45.4 Å². The zero-order chi connectivity index (χ0) is 17.4. The minimum absolute atomic E-state index is 0.272. The third kappa shape index (κ3) is 2.98. The van der Waals surface area contributed by atoms with Gasteiger partial charge in [-0.1, -0.05) is 13.8 Å². The lowest BCUT2D eigenvalue weighted by atomic mass is 10.2. The number of H-pyrrole nitrogens is 1. The maximum Gasteiger partial charge on any atom is 0.158 e. The normalized spacial score (nSPS) is 12.0. The number of hydrogen-bond acceptors (Lipinski definition) is 5. The summed E-state index contributed by atoms with van der Waals surface area (Å²) >= 11 is 1.66. The van der Waals surface area contributed by atoms with Gasteiger partial charge in [0.2, 0.25) is 0 Å². The first-order valence-corrected chi connectivity index (χ1v) is 8.73. The van der Waals surface area contributed by atoms with Crippen LogP contribution in [0, 0.1) is 5.82 Å². The molecule has 0 atom stereocenters. The highest BCUT2D eigenvalue weighted by Crippen LogP contribution is 2.32. The summed E-state index contributed by atoms with van der Waals surface area (Å²) in [5.41, 5.74) is 4.65. The monoisotopic (exact) mass is 353 g/mol. The largest absolute Gasteiger partial charge is 0.361 e. The van der Waals surface area contributed by atoms with E-state index >= 15 is 0 Å². The third-order valence-corrected chi connectivity index (χ3v) is 5.31. The lowest BCUT2D eigenvalue weighted by Crippen LogP contribution is -1.94. The van der Waals surface area contributed by atoms with Crippen molar-refractivity contribution in [3.8, 4) is 0 Å². The second kappa shape index (κ2) is 6.25. The van der Waals surface area contributed by atoms with E-state index in [1.165, 1.54) is 23.3 Å². The Bertz CT molecular complexity index is 1080. The summed E-state index contributed by atoms with van der Waals surface area (Å²) in [6.07, 6.45) is 4.98. The molecule has 0 fully saturated rings. The van der Waals surface area contributed by atoms with Crippen molar-refractivity contribution in [1.82, 2.24) is 15.0 Å². The van der Waals surface area contributed by atoms with Gasteiger partial charge in [0.25, 0.3) is 0 Å². The fourth-order valence-corrected chi connectivity index (χ4v) is 3.63. The van der Waals surface area contributed by atoms with Crippen LogP contribution in [-0.4, -0.2) is 21.2 Å². The molecule has 25 heavy (non-hydrogen) atoms. The van der Waals surface area contributed by atoms with Crippen molar-refractivity contribution in [2.45, 2.75) is 19.8 Å². The van der Waals surface area contributed by atoms with E-state index in [1.54, 1.807) is 29.8 Å². The lowest BCUT2D eigenvalue weighted by Gasteiger charge is -2.00. The van der Waals surface area contributed by atoms with E-state index in [9.17, 15) is 4.39 Å². The Balaban J connectivity index is 1.63. The topological polar surface area (TPSA) is 66.0 Å². The number of halogens is 1. The summed E-state index contributed by atoms with van der Waals surface area (Å²) in [6, 6.07) is 6.73. The predicted molar refractivity (Wildman–Crippen MR) is 101 cm³/mol. The van der Waals surface area contributed by atoms with Gasteiger partial charge >= 0.3 is 0 Å². The molecule has 0 unspecified atom stereocenters. The molecule has 0 saturated carbocycles. The Morgan fingerprint density at radius 2 is 2.12 bits per heavy atom. The number of thiophene rings is 1. The van der Waals surface area contributed by atoms with Gasteiger partial charge in [-0.3, -0.25) is 5.43 Å². The van der Waals surface area contributed by atoms with Gasteiger partial charge in [0, 0.05) is 27.5 Å². The number of hydrogen-bond donors (Lipinski definition) is 2. The predicted octanol–water partition coefficient (Wildman–Crippen LogP) is 4.88. The molecule has 0 aliphatic rings. The number of rotatable bonds is 4. The van der Waals surface area contributed by atoms with Crippen LogP contribution >= 0.6 is 11.3 Å². The van der Waals surface area contributed by atoms with E-state index in [-0.39, 0.29) is 5.82 Å². The molecule has 5 nitrogen and oxygen atoms in total. The highest BCUT2D eigenvalue weighted by Gasteiger charge is 2.10. The number of nitrogens with zero attached hydrogens (tertiary/aromatic N) is 3. The zero-order valence-corrected chi connectivity index (χ0v) is 14.6. The molecule has 0 aliphatic heterocycles. The molecular formula is C18H16FN5S. The summed E-state index contributed by atoms with van der Waals surface area (Å²) in [5.74, 6) is 0.832. The van der Waals surface area contributed by atoms with Crippen LogP contribution in [0.15, 0.2) is 41.9 Å². The Hall–Kier alpha value is -2.80. The number of benzene rings is 1. The van der Waals surface area contributed by atoms with E-state index in [0.717, 1.165) is 26.7 Å². The number of aromatic nitrogens is 3. The second-order valence-electron chi connectivity index (χ2n) is 6.05. The fraction of sp³-hybridized carbons (Fsp3) is 0.167. The molecular weight excluding hydrogens is 337 g/mol. The van der Waals surface area contributed by atoms with Crippen molar-refractivity contribution in [2.75, 3.05) is 5.43 Å². The summed E-state index contributed by atoms with van der Waals surface area (Å²) in [7, 11) is 0. The molecule has 0 bridgehead atoms. The maximum absolute atomic E-state index is 13.4. The zero-order valence-electron chi connectivity index (χ0n) is 13.7. The summed E-state index contributed by atoms with van der Waals surface area (Å²) in [6.45, 7) is 4.30. The Morgan fingerprint density at radius 3 is 2.96 bits per heavy atom. The number of nitrogens with one attached hydrogen (secondary N) is 2.